The Kier molecular flexibility index (Phi) is 10.5. The van der Waals surface area contributed by atoms with Crippen LogP contribution in [-0.2, 0) is 0 Å². The summed E-state index contributed by atoms with van der Waals surface area (Å²) in [5.41, 5.74) is 17.5. The van der Waals surface area contributed by atoms with E-state index in [4.69, 9.17) is 15.0 Å². The molecular weight excluding hydrogens is 1010 g/mol. The fourth-order valence-electron chi connectivity index (χ4n) is 13.5. The number of para-hydroxylation sites is 7. The van der Waals surface area contributed by atoms with Gasteiger partial charge in [-0.15, -0.1) is 0 Å². The average Bonchev–Trinajstić information content (AvgIpc) is 2.36. The molecule has 83 heavy (non-hydrogen) atoms. The zero-order valence-corrected chi connectivity index (χ0v) is 45.3. The van der Waals surface area contributed by atoms with Gasteiger partial charge in [-0.3, -0.25) is 0 Å². The summed E-state index contributed by atoms with van der Waals surface area (Å²) < 4.78 is 9.65. The number of aromatic nitrogens is 7. The van der Waals surface area contributed by atoms with Gasteiger partial charge in [-0.2, -0.15) is 0 Å². The highest BCUT2D eigenvalue weighted by molar-refractivity contribution is 6.14. The van der Waals surface area contributed by atoms with Crippen molar-refractivity contribution < 1.29 is 0 Å². The summed E-state index contributed by atoms with van der Waals surface area (Å²) in [6.07, 6.45) is 8.71. The quantitative estimate of drug-likeness (QED) is 0.152. The monoisotopic (exact) mass is 1060 g/mol. The Balaban J connectivity index is 0.873. The lowest BCUT2D eigenvalue weighted by atomic mass is 9.89. The van der Waals surface area contributed by atoms with E-state index in [0.717, 1.165) is 83.9 Å². The molecule has 0 aliphatic heterocycles. The van der Waals surface area contributed by atoms with Crippen molar-refractivity contribution in [2.24, 2.45) is 5.92 Å². The van der Waals surface area contributed by atoms with Crippen LogP contribution in [0, 0.1) is 5.92 Å². The first kappa shape index (κ1) is 47.0. The van der Waals surface area contributed by atoms with E-state index in [1.54, 1.807) is 0 Å². The smallest absolute Gasteiger partial charge is 0.163 e. The van der Waals surface area contributed by atoms with Crippen LogP contribution in [0.4, 0.5) is 0 Å². The molecule has 0 radical (unpaired) electrons. The second-order valence-corrected chi connectivity index (χ2v) is 22.0. The second-order valence-electron chi connectivity index (χ2n) is 22.0. The number of hydrogen-bond donors (Lipinski definition) is 0. The number of hydrogen-bond acceptors (Lipinski definition) is 3. The molecule has 7 nitrogen and oxygen atoms in total. The molecule has 1 aliphatic carbocycles. The van der Waals surface area contributed by atoms with E-state index in [1.807, 2.05) is 0 Å². The van der Waals surface area contributed by atoms with Gasteiger partial charge in [-0.25, -0.2) is 15.0 Å². The molecule has 11 aromatic carbocycles. The van der Waals surface area contributed by atoms with Crippen LogP contribution < -0.4 is 0 Å². The Morgan fingerprint density at radius 3 is 1.30 bits per heavy atom. The first-order valence-corrected chi connectivity index (χ1v) is 28.6. The third-order valence-electron chi connectivity index (χ3n) is 17.3. The largest absolute Gasteiger partial charge is 0.309 e. The van der Waals surface area contributed by atoms with Crippen LogP contribution in [0.2, 0.25) is 0 Å². The molecule has 1 aliphatic rings. The van der Waals surface area contributed by atoms with Gasteiger partial charge < -0.3 is 18.3 Å². The van der Waals surface area contributed by atoms with Crippen LogP contribution in [0.3, 0.4) is 0 Å². The summed E-state index contributed by atoms with van der Waals surface area (Å²) in [6.45, 7) is 2.24. The molecule has 2 atom stereocenters. The van der Waals surface area contributed by atoms with Crippen molar-refractivity contribution >= 4 is 87.2 Å². The maximum atomic E-state index is 5.48. The maximum Gasteiger partial charge on any atom is 0.163 e. The summed E-state index contributed by atoms with van der Waals surface area (Å²) in [6, 6.07) is 92.5. The van der Waals surface area contributed by atoms with Crippen LogP contribution in [-0.4, -0.2) is 33.2 Å². The fraction of sp³-hybridized carbons (Fsp3) is 0.0395. The van der Waals surface area contributed by atoms with E-state index in [2.05, 4.69) is 304 Å². The molecule has 390 valence electrons. The van der Waals surface area contributed by atoms with E-state index in [9.17, 15) is 0 Å². The zero-order chi connectivity index (χ0) is 54.7. The van der Waals surface area contributed by atoms with Crippen molar-refractivity contribution in [1.82, 2.24) is 33.2 Å². The van der Waals surface area contributed by atoms with Gasteiger partial charge in [0.05, 0.1) is 55.5 Å². The maximum absolute atomic E-state index is 5.48. The third kappa shape index (κ3) is 7.34. The predicted octanol–water partition coefficient (Wildman–Crippen LogP) is 19.1. The van der Waals surface area contributed by atoms with Gasteiger partial charge in [0.15, 0.2) is 11.6 Å². The molecule has 7 heteroatoms. The van der Waals surface area contributed by atoms with Gasteiger partial charge in [0.25, 0.3) is 0 Å². The van der Waals surface area contributed by atoms with Gasteiger partial charge in [0.2, 0.25) is 0 Å². The lowest BCUT2D eigenvalue weighted by Crippen LogP contribution is -2.14. The number of rotatable bonds is 8. The van der Waals surface area contributed by atoms with Crippen LogP contribution in [0.5, 0.6) is 0 Å². The van der Waals surface area contributed by atoms with Crippen molar-refractivity contribution in [3.8, 4) is 56.7 Å². The molecule has 0 bridgehead atoms. The van der Waals surface area contributed by atoms with Crippen molar-refractivity contribution in [3.63, 3.8) is 0 Å². The van der Waals surface area contributed by atoms with Crippen LogP contribution in [0.15, 0.2) is 279 Å². The zero-order valence-electron chi connectivity index (χ0n) is 45.3. The molecule has 5 heterocycles. The Hall–Kier alpha value is -10.9. The Labute approximate surface area is 478 Å². The summed E-state index contributed by atoms with van der Waals surface area (Å²) in [4.78, 5) is 16.3. The minimum atomic E-state index is -0.0458. The predicted molar refractivity (Wildman–Crippen MR) is 344 cm³/mol. The highest BCUT2D eigenvalue weighted by Crippen LogP contribution is 2.43. The number of benzene rings is 11. The molecule has 0 spiro atoms. The molecule has 0 saturated heterocycles. The molecule has 0 N–H and O–H groups in total. The average molecular weight is 1060 g/mol. The number of fused-ring (bicyclic) bond motifs is 12. The molecule has 17 rings (SSSR count). The topological polar surface area (TPSA) is 58.4 Å². The molecule has 2 unspecified atom stereocenters. The summed E-state index contributed by atoms with van der Waals surface area (Å²) in [5, 5.41) is 9.65. The number of allylic oxidation sites excluding steroid dienone is 4. The van der Waals surface area contributed by atoms with Crippen molar-refractivity contribution in [2.75, 3.05) is 0 Å². The van der Waals surface area contributed by atoms with E-state index >= 15 is 0 Å². The van der Waals surface area contributed by atoms with E-state index < -0.39 is 0 Å². The molecule has 0 saturated carbocycles. The minimum absolute atomic E-state index is 0.0458. The summed E-state index contributed by atoms with van der Waals surface area (Å²) in [7, 11) is 0. The van der Waals surface area contributed by atoms with Gasteiger partial charge in [-0.05, 0) is 114 Å². The highest BCUT2D eigenvalue weighted by atomic mass is 15.1. The van der Waals surface area contributed by atoms with Crippen LogP contribution in [0.25, 0.3) is 144 Å². The van der Waals surface area contributed by atoms with Crippen molar-refractivity contribution in [3.05, 3.63) is 285 Å². The summed E-state index contributed by atoms with van der Waals surface area (Å²) in [5.74, 6) is 2.12. The molecule has 0 amide bonds. The molecule has 16 aromatic rings. The molecular formula is C76H51N7. The Morgan fingerprint density at radius 1 is 0.277 bits per heavy atom. The fourth-order valence-corrected chi connectivity index (χ4v) is 13.5. The van der Waals surface area contributed by atoms with Gasteiger partial charge in [0, 0.05) is 71.5 Å². The lowest BCUT2D eigenvalue weighted by molar-refractivity contribution is 0.600. The van der Waals surface area contributed by atoms with Gasteiger partial charge in [0.1, 0.15) is 5.82 Å². The normalized spacial score (nSPS) is 14.5. The lowest BCUT2D eigenvalue weighted by Gasteiger charge is -2.21. The van der Waals surface area contributed by atoms with Crippen molar-refractivity contribution in [1.29, 1.82) is 0 Å². The van der Waals surface area contributed by atoms with Crippen LogP contribution in [0.1, 0.15) is 18.7 Å². The summed E-state index contributed by atoms with van der Waals surface area (Å²) >= 11 is 0. The van der Waals surface area contributed by atoms with E-state index in [0.29, 0.717) is 11.6 Å². The van der Waals surface area contributed by atoms with Crippen LogP contribution >= 0.6 is 0 Å². The first-order chi connectivity index (χ1) is 41.1. The highest BCUT2D eigenvalue weighted by Gasteiger charge is 2.26. The third-order valence-corrected chi connectivity index (χ3v) is 17.3. The molecule has 0 fully saturated rings. The van der Waals surface area contributed by atoms with E-state index in [1.165, 1.54) is 54.1 Å². The standard InChI is InChI=1S/C76H51N7/c1-48-20-5-6-25-55(48)76-78-74(51-21-19-24-54(44-51)81-65-33-14-7-26-56(65)57-27-8-15-34-66(57)81)77-75(79-76)52-40-43-71(73(47-52)83-67-35-16-10-28-58(67)59-29-11-17-36-68(59)83)82-69-37-18-12-31-61(69)63-45-49(39-42-70(63)82)50-38-41-62-60-30-9-13-32-64(60)80(72(62)46-50)53-22-3-2-4-23-53/h2-48,55H,1H3. The van der Waals surface area contributed by atoms with E-state index in [-0.39, 0.29) is 11.8 Å². The Morgan fingerprint density at radius 2 is 0.711 bits per heavy atom. The second kappa shape index (κ2) is 18.6. The SMILES string of the molecule is CC1C=CC=CC1c1nc(-c2cccc(-n3c4ccccc4c4ccccc43)c2)nc(-c2ccc(-n3c4ccccc4c4cc(-c5ccc6c7ccccc7n(-c7ccccc7)c6c5)ccc43)c(-n3c4ccccc4c4ccccc43)c2)n1. The Bertz CT molecular complexity index is 5270. The van der Waals surface area contributed by atoms with Crippen molar-refractivity contribution in [2.45, 2.75) is 12.8 Å². The first-order valence-electron chi connectivity index (χ1n) is 28.6. The molecule has 5 aromatic heterocycles. The van der Waals surface area contributed by atoms with Gasteiger partial charge in [-0.1, -0.05) is 189 Å². The number of nitrogens with zero attached hydrogens (tertiary/aromatic N) is 7. The van der Waals surface area contributed by atoms with Gasteiger partial charge >= 0.3 is 0 Å². The minimum Gasteiger partial charge on any atom is -0.309 e.